The Labute approximate surface area is 233 Å². The van der Waals surface area contributed by atoms with E-state index in [2.05, 4.69) is 26.7 Å². The maximum Gasteiger partial charge on any atom is 0.451 e. The predicted octanol–water partition coefficient (Wildman–Crippen LogP) is 2.20. The van der Waals surface area contributed by atoms with Gasteiger partial charge in [-0.3, -0.25) is 4.90 Å². The maximum atomic E-state index is 13.8. The summed E-state index contributed by atoms with van der Waals surface area (Å²) in [6, 6.07) is 1.61. The van der Waals surface area contributed by atoms with Crippen LogP contribution in [0.2, 0.25) is 0 Å². The van der Waals surface area contributed by atoms with Crippen molar-refractivity contribution in [2.45, 2.75) is 70.5 Å². The van der Waals surface area contributed by atoms with Crippen LogP contribution in [0.5, 0.6) is 0 Å². The van der Waals surface area contributed by atoms with E-state index < -0.39 is 23.2 Å². The highest BCUT2D eigenvalue weighted by Gasteiger charge is 2.44. The third-order valence-electron chi connectivity index (χ3n) is 7.89. The number of piperazine rings is 1. The lowest BCUT2D eigenvalue weighted by molar-refractivity contribution is -0.144. The van der Waals surface area contributed by atoms with Crippen molar-refractivity contribution in [2.24, 2.45) is 5.92 Å². The van der Waals surface area contributed by atoms with Gasteiger partial charge in [0, 0.05) is 76.3 Å². The maximum absolute atomic E-state index is 13.8. The van der Waals surface area contributed by atoms with Crippen LogP contribution in [0, 0.1) is 17.8 Å². The molecule has 4 atom stereocenters. The predicted molar refractivity (Wildman–Crippen MR) is 143 cm³/mol. The van der Waals surface area contributed by atoms with Gasteiger partial charge in [0.2, 0.25) is 5.82 Å². The molecule has 1 aromatic rings. The summed E-state index contributed by atoms with van der Waals surface area (Å²) in [7, 11) is 0. The van der Waals surface area contributed by atoms with Gasteiger partial charge in [0.15, 0.2) is 0 Å². The van der Waals surface area contributed by atoms with Crippen LogP contribution in [0.4, 0.5) is 29.6 Å². The highest BCUT2D eigenvalue weighted by molar-refractivity contribution is 5.68. The molecule has 0 radical (unpaired) electrons. The van der Waals surface area contributed by atoms with Crippen LogP contribution in [-0.2, 0) is 10.9 Å². The monoisotopic (exact) mass is 568 g/mol. The Bertz CT molecular complexity index is 1140. The molecule has 2 unspecified atom stereocenters. The van der Waals surface area contributed by atoms with Crippen LogP contribution in [0.3, 0.4) is 0 Å². The van der Waals surface area contributed by atoms with Crippen LogP contribution < -0.4 is 9.80 Å². The smallest absolute Gasteiger partial charge is 0.444 e. The van der Waals surface area contributed by atoms with E-state index >= 15 is 0 Å². The van der Waals surface area contributed by atoms with Gasteiger partial charge in [-0.25, -0.2) is 14.8 Å². The first-order chi connectivity index (χ1) is 18.6. The molecule has 40 heavy (non-hydrogen) atoms. The number of carbonyl (C=O) groups is 1. The van der Waals surface area contributed by atoms with E-state index in [9.17, 15) is 23.1 Å². The number of rotatable bonds is 3. The number of amides is 1. The highest BCUT2D eigenvalue weighted by atomic mass is 19.4. The number of halogens is 3. The largest absolute Gasteiger partial charge is 0.451 e. The summed E-state index contributed by atoms with van der Waals surface area (Å²) >= 11 is 0. The van der Waals surface area contributed by atoms with E-state index in [1.807, 2.05) is 32.6 Å². The molecule has 222 valence electrons. The van der Waals surface area contributed by atoms with Crippen LogP contribution >= 0.6 is 0 Å². The summed E-state index contributed by atoms with van der Waals surface area (Å²) in [4.78, 5) is 27.6. The van der Waals surface area contributed by atoms with E-state index in [-0.39, 0.29) is 61.8 Å². The van der Waals surface area contributed by atoms with Crippen molar-refractivity contribution >= 4 is 17.7 Å². The standard InChI is InChI=1S/C27H39F3N6O4/c1-18-16-35(9-8-26(18,39)7-6-14-37)21-15-22(32-23(31-21)27(28,29)30)36-17-20(19(36)2)33-10-12-34(13-11-33)24(38)40-25(3,4)5/h15,18-20,37,39H,8-14,16-17H2,1-5H3/t18?,19-,20-,26?/m1/s1. The summed E-state index contributed by atoms with van der Waals surface area (Å²) < 4.78 is 46.9. The van der Waals surface area contributed by atoms with Crippen LogP contribution in [0.15, 0.2) is 6.07 Å². The minimum absolute atomic E-state index is 0.0870. The molecule has 0 aliphatic carbocycles. The average molecular weight is 569 g/mol. The number of aliphatic hydroxyl groups is 2. The zero-order valence-corrected chi connectivity index (χ0v) is 23.7. The van der Waals surface area contributed by atoms with Gasteiger partial charge < -0.3 is 29.6 Å². The zero-order chi connectivity index (χ0) is 29.5. The lowest BCUT2D eigenvalue weighted by atomic mass is 9.82. The van der Waals surface area contributed by atoms with Crippen molar-refractivity contribution in [3.05, 3.63) is 11.9 Å². The van der Waals surface area contributed by atoms with Gasteiger partial charge >= 0.3 is 12.3 Å². The lowest BCUT2D eigenvalue weighted by Gasteiger charge is -2.53. The molecule has 3 aliphatic heterocycles. The first-order valence-electron chi connectivity index (χ1n) is 13.6. The fourth-order valence-corrected chi connectivity index (χ4v) is 5.44. The summed E-state index contributed by atoms with van der Waals surface area (Å²) in [6.45, 7) is 12.2. The molecule has 3 aliphatic rings. The number of hydrogen-bond acceptors (Lipinski definition) is 9. The third-order valence-corrected chi connectivity index (χ3v) is 7.89. The molecule has 3 saturated heterocycles. The zero-order valence-electron chi connectivity index (χ0n) is 23.7. The van der Waals surface area contributed by atoms with Crippen molar-refractivity contribution in [2.75, 3.05) is 62.2 Å². The molecule has 0 bridgehead atoms. The van der Waals surface area contributed by atoms with Crippen LogP contribution in [0.25, 0.3) is 0 Å². The van der Waals surface area contributed by atoms with Crippen LogP contribution in [-0.4, -0.2) is 112 Å². The minimum Gasteiger partial charge on any atom is -0.444 e. The molecule has 0 saturated carbocycles. The van der Waals surface area contributed by atoms with E-state index in [0.29, 0.717) is 32.7 Å². The fraction of sp³-hybridized carbons (Fsp3) is 0.741. The molecule has 13 heteroatoms. The number of carbonyl (C=O) groups excluding carboxylic acids is 1. The SMILES string of the molecule is CC1CN(c2cc(N3C[C@@H](N4CCN(C(=O)OC(C)(C)C)CC4)[C@H]3C)nc(C(F)(F)F)n2)CCC1(O)C#CCO. The molecule has 0 aromatic carbocycles. The first-order valence-corrected chi connectivity index (χ1v) is 13.6. The molecule has 1 amide bonds. The number of hydrogen-bond donors (Lipinski definition) is 2. The number of aromatic nitrogens is 2. The fourth-order valence-electron chi connectivity index (χ4n) is 5.44. The van der Waals surface area contributed by atoms with Crippen molar-refractivity contribution in [3.63, 3.8) is 0 Å². The number of aliphatic hydroxyl groups excluding tert-OH is 1. The Morgan fingerprint density at radius 2 is 1.75 bits per heavy atom. The second-order valence-electron chi connectivity index (χ2n) is 11.9. The molecule has 0 spiro atoms. The van der Waals surface area contributed by atoms with E-state index in [1.54, 1.807) is 22.8 Å². The van der Waals surface area contributed by atoms with Gasteiger partial charge in [-0.2, -0.15) is 13.2 Å². The van der Waals surface area contributed by atoms with Gasteiger partial charge in [0.1, 0.15) is 29.4 Å². The molecule has 3 fully saturated rings. The highest BCUT2D eigenvalue weighted by Crippen LogP contribution is 2.36. The summed E-state index contributed by atoms with van der Waals surface area (Å²) in [5.74, 6) is 3.97. The second-order valence-corrected chi connectivity index (χ2v) is 11.9. The Morgan fingerprint density at radius 1 is 1.10 bits per heavy atom. The Hall–Kier alpha value is -2.82. The molecular formula is C27H39F3N6O4. The molecule has 10 nitrogen and oxygen atoms in total. The number of piperidine rings is 1. The number of ether oxygens (including phenoxy) is 1. The van der Waals surface area contributed by atoms with Crippen molar-refractivity contribution < 1.29 is 32.9 Å². The minimum atomic E-state index is -4.72. The third kappa shape index (κ3) is 6.56. The van der Waals surface area contributed by atoms with E-state index in [1.165, 1.54) is 0 Å². The van der Waals surface area contributed by atoms with Gasteiger partial charge in [0.05, 0.1) is 0 Å². The quantitative estimate of drug-likeness (QED) is 0.531. The summed E-state index contributed by atoms with van der Waals surface area (Å²) in [5.41, 5.74) is -1.89. The molecule has 1 aromatic heterocycles. The number of anilines is 2. The van der Waals surface area contributed by atoms with Crippen molar-refractivity contribution in [3.8, 4) is 11.8 Å². The van der Waals surface area contributed by atoms with Gasteiger partial charge in [-0.05, 0) is 27.7 Å². The number of nitrogens with zero attached hydrogens (tertiary/aromatic N) is 6. The van der Waals surface area contributed by atoms with Gasteiger partial charge in [0.25, 0.3) is 0 Å². The van der Waals surface area contributed by atoms with Gasteiger partial charge in [-0.15, -0.1) is 0 Å². The molecule has 4 rings (SSSR count). The lowest BCUT2D eigenvalue weighted by Crippen LogP contribution is -2.68. The molecule has 4 heterocycles. The second kappa shape index (κ2) is 11.2. The topological polar surface area (TPSA) is 106 Å². The Morgan fingerprint density at radius 3 is 2.30 bits per heavy atom. The average Bonchev–Trinajstić information content (AvgIpc) is 2.87. The van der Waals surface area contributed by atoms with E-state index in [4.69, 9.17) is 9.84 Å². The van der Waals surface area contributed by atoms with E-state index in [0.717, 1.165) is 0 Å². The van der Waals surface area contributed by atoms with Crippen molar-refractivity contribution in [1.29, 1.82) is 0 Å². The van der Waals surface area contributed by atoms with Crippen molar-refractivity contribution in [1.82, 2.24) is 19.8 Å². The van der Waals surface area contributed by atoms with Gasteiger partial charge in [-0.1, -0.05) is 18.8 Å². The summed E-state index contributed by atoms with van der Waals surface area (Å²) in [5, 5.41) is 19.8. The first kappa shape index (κ1) is 30.1. The molecular weight excluding hydrogens is 529 g/mol. The normalized spacial score (nSPS) is 28.1. The Balaban J connectivity index is 1.45. The van der Waals surface area contributed by atoms with Crippen LogP contribution in [0.1, 0.15) is 46.9 Å². The summed E-state index contributed by atoms with van der Waals surface area (Å²) in [6.07, 6.45) is -4.85. The number of alkyl halides is 3. The Kier molecular flexibility index (Phi) is 8.45. The molecule has 2 N–H and O–H groups in total.